The standard InChI is InChI=1S/C14H28N4/c1-6-17(7-2)10-12(4)16-13(5)14-9-15-18(8-3)11-14/h9,11-13,16H,6-8,10H2,1-5H3. The molecule has 0 fully saturated rings. The fourth-order valence-electron chi connectivity index (χ4n) is 2.22. The van der Waals surface area contributed by atoms with Crippen LogP contribution >= 0.6 is 0 Å². The second-order valence-corrected chi connectivity index (χ2v) is 4.90. The van der Waals surface area contributed by atoms with Crippen LogP contribution in [-0.2, 0) is 6.54 Å². The molecule has 1 aromatic rings. The smallest absolute Gasteiger partial charge is 0.0537 e. The van der Waals surface area contributed by atoms with Crippen LogP contribution in [0.5, 0.6) is 0 Å². The Kier molecular flexibility index (Phi) is 6.36. The van der Waals surface area contributed by atoms with Crippen LogP contribution < -0.4 is 5.32 Å². The minimum atomic E-state index is 0.357. The van der Waals surface area contributed by atoms with Gasteiger partial charge in [-0.25, -0.2) is 0 Å². The van der Waals surface area contributed by atoms with E-state index in [1.165, 1.54) is 5.56 Å². The number of nitrogens with zero attached hydrogens (tertiary/aromatic N) is 3. The Morgan fingerprint density at radius 1 is 1.28 bits per heavy atom. The first-order valence-corrected chi connectivity index (χ1v) is 7.11. The largest absolute Gasteiger partial charge is 0.306 e. The lowest BCUT2D eigenvalue weighted by Gasteiger charge is -2.25. The summed E-state index contributed by atoms with van der Waals surface area (Å²) in [5.41, 5.74) is 1.27. The molecule has 4 heteroatoms. The van der Waals surface area contributed by atoms with Crippen molar-refractivity contribution in [3.63, 3.8) is 0 Å². The van der Waals surface area contributed by atoms with E-state index < -0.39 is 0 Å². The van der Waals surface area contributed by atoms with Crippen molar-refractivity contribution in [2.24, 2.45) is 0 Å². The molecular formula is C14H28N4. The fourth-order valence-corrected chi connectivity index (χ4v) is 2.22. The van der Waals surface area contributed by atoms with Gasteiger partial charge in [0.15, 0.2) is 0 Å². The molecule has 1 rings (SSSR count). The fraction of sp³-hybridized carbons (Fsp3) is 0.786. The van der Waals surface area contributed by atoms with Crippen LogP contribution in [0.4, 0.5) is 0 Å². The second-order valence-electron chi connectivity index (χ2n) is 4.90. The zero-order chi connectivity index (χ0) is 13.5. The van der Waals surface area contributed by atoms with Crippen molar-refractivity contribution in [2.75, 3.05) is 19.6 Å². The van der Waals surface area contributed by atoms with Gasteiger partial charge in [-0.15, -0.1) is 0 Å². The van der Waals surface area contributed by atoms with Gasteiger partial charge < -0.3 is 10.2 Å². The molecule has 0 aliphatic carbocycles. The molecule has 0 amide bonds. The third kappa shape index (κ3) is 4.42. The lowest BCUT2D eigenvalue weighted by Crippen LogP contribution is -2.40. The van der Waals surface area contributed by atoms with Gasteiger partial charge in [-0.3, -0.25) is 4.68 Å². The number of aromatic nitrogens is 2. The Morgan fingerprint density at radius 2 is 1.94 bits per heavy atom. The van der Waals surface area contributed by atoms with Crippen molar-refractivity contribution in [3.8, 4) is 0 Å². The van der Waals surface area contributed by atoms with Crippen LogP contribution in [0, 0.1) is 0 Å². The Balaban J connectivity index is 2.45. The van der Waals surface area contributed by atoms with Gasteiger partial charge in [-0.1, -0.05) is 13.8 Å². The summed E-state index contributed by atoms with van der Waals surface area (Å²) in [6.07, 6.45) is 4.09. The van der Waals surface area contributed by atoms with Gasteiger partial charge >= 0.3 is 0 Å². The summed E-state index contributed by atoms with van der Waals surface area (Å²) >= 11 is 0. The van der Waals surface area contributed by atoms with Crippen molar-refractivity contribution in [3.05, 3.63) is 18.0 Å². The van der Waals surface area contributed by atoms with E-state index in [0.717, 1.165) is 26.2 Å². The van der Waals surface area contributed by atoms with E-state index in [4.69, 9.17) is 0 Å². The summed E-state index contributed by atoms with van der Waals surface area (Å²) in [5, 5.41) is 7.96. The highest BCUT2D eigenvalue weighted by molar-refractivity contribution is 5.09. The number of nitrogens with one attached hydrogen (secondary N) is 1. The molecular weight excluding hydrogens is 224 g/mol. The average molecular weight is 252 g/mol. The normalized spacial score (nSPS) is 15.0. The molecule has 0 aliphatic heterocycles. The lowest BCUT2D eigenvalue weighted by atomic mass is 10.1. The number of likely N-dealkylation sites (N-methyl/N-ethyl adjacent to an activating group) is 1. The highest BCUT2D eigenvalue weighted by atomic mass is 15.3. The minimum Gasteiger partial charge on any atom is -0.306 e. The van der Waals surface area contributed by atoms with Crippen LogP contribution in [0.25, 0.3) is 0 Å². The van der Waals surface area contributed by atoms with E-state index >= 15 is 0 Å². The average Bonchev–Trinajstić information content (AvgIpc) is 2.84. The summed E-state index contributed by atoms with van der Waals surface area (Å²) in [6.45, 7) is 15.2. The highest BCUT2D eigenvalue weighted by Gasteiger charge is 2.13. The summed E-state index contributed by atoms with van der Waals surface area (Å²) < 4.78 is 1.97. The molecule has 0 saturated carbocycles. The van der Waals surface area contributed by atoms with E-state index in [0.29, 0.717) is 12.1 Å². The third-order valence-corrected chi connectivity index (χ3v) is 3.44. The van der Waals surface area contributed by atoms with Crippen molar-refractivity contribution >= 4 is 0 Å². The van der Waals surface area contributed by atoms with E-state index in [1.54, 1.807) is 0 Å². The van der Waals surface area contributed by atoms with Gasteiger partial charge in [-0.05, 0) is 33.9 Å². The topological polar surface area (TPSA) is 33.1 Å². The number of hydrogen-bond acceptors (Lipinski definition) is 3. The summed E-state index contributed by atoms with van der Waals surface area (Å²) in [7, 11) is 0. The molecule has 18 heavy (non-hydrogen) atoms. The maximum absolute atomic E-state index is 4.32. The van der Waals surface area contributed by atoms with Gasteiger partial charge in [0.25, 0.3) is 0 Å². The predicted molar refractivity (Wildman–Crippen MR) is 76.7 cm³/mol. The molecule has 0 aromatic carbocycles. The van der Waals surface area contributed by atoms with Crippen molar-refractivity contribution in [1.82, 2.24) is 20.0 Å². The Bertz CT molecular complexity index is 330. The van der Waals surface area contributed by atoms with Crippen LogP contribution in [-0.4, -0.2) is 40.4 Å². The molecule has 0 radical (unpaired) electrons. The number of hydrogen-bond donors (Lipinski definition) is 1. The summed E-state index contributed by atoms with van der Waals surface area (Å²) in [4.78, 5) is 2.44. The first-order chi connectivity index (χ1) is 8.60. The molecule has 1 aromatic heterocycles. The van der Waals surface area contributed by atoms with Gasteiger partial charge in [0.2, 0.25) is 0 Å². The number of aryl methyl sites for hydroxylation is 1. The van der Waals surface area contributed by atoms with E-state index in [9.17, 15) is 0 Å². The summed E-state index contributed by atoms with van der Waals surface area (Å²) in [6, 6.07) is 0.848. The molecule has 2 atom stereocenters. The van der Waals surface area contributed by atoms with Crippen molar-refractivity contribution in [2.45, 2.75) is 53.2 Å². The van der Waals surface area contributed by atoms with E-state index in [2.05, 4.69) is 56.1 Å². The van der Waals surface area contributed by atoms with Crippen LogP contribution in [0.2, 0.25) is 0 Å². The highest BCUT2D eigenvalue weighted by Crippen LogP contribution is 2.12. The Morgan fingerprint density at radius 3 is 2.44 bits per heavy atom. The maximum Gasteiger partial charge on any atom is 0.0537 e. The second kappa shape index (κ2) is 7.54. The molecule has 4 nitrogen and oxygen atoms in total. The molecule has 0 bridgehead atoms. The molecule has 0 aliphatic rings. The monoisotopic (exact) mass is 252 g/mol. The van der Waals surface area contributed by atoms with Crippen LogP contribution in [0.15, 0.2) is 12.4 Å². The maximum atomic E-state index is 4.32. The first-order valence-electron chi connectivity index (χ1n) is 7.11. The molecule has 104 valence electrons. The number of rotatable bonds is 8. The van der Waals surface area contributed by atoms with Gasteiger partial charge in [0.05, 0.1) is 6.20 Å². The summed E-state index contributed by atoms with van der Waals surface area (Å²) in [5.74, 6) is 0. The van der Waals surface area contributed by atoms with Crippen LogP contribution in [0.3, 0.4) is 0 Å². The predicted octanol–water partition coefficient (Wildman–Crippen LogP) is 2.28. The molecule has 0 spiro atoms. The zero-order valence-corrected chi connectivity index (χ0v) is 12.5. The SMILES string of the molecule is CCN(CC)CC(C)NC(C)c1cnn(CC)c1. The Hall–Kier alpha value is -0.870. The van der Waals surface area contributed by atoms with Crippen molar-refractivity contribution in [1.29, 1.82) is 0 Å². The zero-order valence-electron chi connectivity index (χ0n) is 12.5. The third-order valence-electron chi connectivity index (χ3n) is 3.44. The van der Waals surface area contributed by atoms with E-state index in [-0.39, 0.29) is 0 Å². The molecule has 0 saturated heterocycles. The lowest BCUT2D eigenvalue weighted by molar-refractivity contribution is 0.264. The van der Waals surface area contributed by atoms with Gasteiger partial charge in [0, 0.05) is 36.9 Å². The van der Waals surface area contributed by atoms with E-state index in [1.807, 2.05) is 10.9 Å². The minimum absolute atomic E-state index is 0.357. The molecule has 1 N–H and O–H groups in total. The molecule has 1 heterocycles. The van der Waals surface area contributed by atoms with Gasteiger partial charge in [-0.2, -0.15) is 5.10 Å². The van der Waals surface area contributed by atoms with Crippen LogP contribution in [0.1, 0.15) is 46.2 Å². The van der Waals surface area contributed by atoms with Crippen molar-refractivity contribution < 1.29 is 0 Å². The first kappa shape index (κ1) is 15.2. The van der Waals surface area contributed by atoms with Gasteiger partial charge in [0.1, 0.15) is 0 Å². The Labute approximate surface area is 111 Å². The quantitative estimate of drug-likeness (QED) is 0.770. The molecule has 2 unspecified atom stereocenters.